The molecule has 5 nitrogen and oxygen atoms in total. The van der Waals surface area contributed by atoms with E-state index in [0.29, 0.717) is 27.7 Å². The normalized spacial score (nSPS) is 16.5. The Morgan fingerprint density at radius 3 is 2.69 bits per heavy atom. The van der Waals surface area contributed by atoms with Crippen molar-refractivity contribution in [2.45, 2.75) is 18.9 Å². The van der Waals surface area contributed by atoms with Gasteiger partial charge in [-0.25, -0.2) is 0 Å². The third-order valence-corrected chi connectivity index (χ3v) is 4.98. The molecule has 2 aromatic carbocycles. The van der Waals surface area contributed by atoms with Crippen LogP contribution < -0.4 is 16.0 Å². The lowest BCUT2D eigenvalue weighted by Gasteiger charge is -2.20. The number of halogens is 2. The highest BCUT2D eigenvalue weighted by Gasteiger charge is 2.25. The number of primary amides is 1. The van der Waals surface area contributed by atoms with Crippen molar-refractivity contribution in [3.63, 3.8) is 0 Å². The smallest absolute Gasteiger partial charge is 0.248 e. The number of anilines is 1. The summed E-state index contributed by atoms with van der Waals surface area (Å²) < 4.78 is 0. The molecular weight excluding hydrogens is 373 g/mol. The van der Waals surface area contributed by atoms with Gasteiger partial charge in [0, 0.05) is 29.7 Å². The van der Waals surface area contributed by atoms with Gasteiger partial charge in [-0.1, -0.05) is 41.4 Å². The van der Waals surface area contributed by atoms with Crippen LogP contribution in [0.2, 0.25) is 10.0 Å². The molecule has 136 valence electrons. The number of carbonyl (C=O) groups is 2. The molecule has 0 radical (unpaired) electrons. The highest BCUT2D eigenvalue weighted by Crippen LogP contribution is 2.31. The largest absolute Gasteiger partial charge is 0.368 e. The minimum atomic E-state index is -0.530. The molecule has 0 aliphatic carbocycles. The molecule has 1 saturated heterocycles. The Balaban J connectivity index is 1.60. The molecule has 26 heavy (non-hydrogen) atoms. The Hall–Kier alpha value is -2.24. The highest BCUT2D eigenvalue weighted by molar-refractivity contribution is 6.36. The van der Waals surface area contributed by atoms with Crippen LogP contribution in [-0.4, -0.2) is 30.9 Å². The SMILES string of the molecule is NC(=O)c1ccccc1CC(=O)NC1CCN(c2ccc(Cl)cc2Cl)C1. The van der Waals surface area contributed by atoms with Crippen molar-refractivity contribution in [2.24, 2.45) is 5.73 Å². The molecule has 3 N–H and O–H groups in total. The monoisotopic (exact) mass is 391 g/mol. The summed E-state index contributed by atoms with van der Waals surface area (Å²) in [5, 5.41) is 4.21. The fourth-order valence-corrected chi connectivity index (χ4v) is 3.73. The third kappa shape index (κ3) is 4.29. The molecule has 1 unspecified atom stereocenters. The lowest BCUT2D eigenvalue weighted by Crippen LogP contribution is -2.38. The van der Waals surface area contributed by atoms with Crippen LogP contribution in [0.4, 0.5) is 5.69 Å². The van der Waals surface area contributed by atoms with Crippen molar-refractivity contribution >= 4 is 40.7 Å². The Morgan fingerprint density at radius 1 is 1.19 bits per heavy atom. The topological polar surface area (TPSA) is 75.4 Å². The first-order valence-corrected chi connectivity index (χ1v) is 9.06. The van der Waals surface area contributed by atoms with Crippen LogP contribution in [0.3, 0.4) is 0 Å². The molecule has 7 heteroatoms. The summed E-state index contributed by atoms with van der Waals surface area (Å²) in [6.07, 6.45) is 0.944. The summed E-state index contributed by atoms with van der Waals surface area (Å²) in [5.74, 6) is -0.662. The number of nitrogens with zero attached hydrogens (tertiary/aromatic N) is 1. The Morgan fingerprint density at radius 2 is 1.96 bits per heavy atom. The first kappa shape index (κ1) is 18.5. The van der Waals surface area contributed by atoms with Crippen molar-refractivity contribution in [1.82, 2.24) is 5.32 Å². The van der Waals surface area contributed by atoms with Gasteiger partial charge >= 0.3 is 0 Å². The van der Waals surface area contributed by atoms with Gasteiger partial charge in [-0.2, -0.15) is 0 Å². The number of nitrogens with two attached hydrogens (primary N) is 1. The summed E-state index contributed by atoms with van der Waals surface area (Å²) in [4.78, 5) is 26.0. The fourth-order valence-electron chi connectivity index (χ4n) is 3.20. The van der Waals surface area contributed by atoms with Crippen LogP contribution >= 0.6 is 23.2 Å². The molecule has 2 amide bonds. The second-order valence-electron chi connectivity index (χ2n) is 6.29. The first-order valence-electron chi connectivity index (χ1n) is 8.31. The molecule has 0 spiro atoms. The van der Waals surface area contributed by atoms with Crippen molar-refractivity contribution < 1.29 is 9.59 Å². The third-order valence-electron chi connectivity index (χ3n) is 4.44. The summed E-state index contributed by atoms with van der Waals surface area (Å²) in [5.41, 5.74) is 7.28. The molecule has 2 aromatic rings. The van der Waals surface area contributed by atoms with E-state index in [0.717, 1.165) is 18.7 Å². The Labute approximate surface area is 162 Å². The van der Waals surface area contributed by atoms with Crippen molar-refractivity contribution in [1.29, 1.82) is 0 Å². The average molecular weight is 392 g/mol. The van der Waals surface area contributed by atoms with Crippen LogP contribution in [0.15, 0.2) is 42.5 Å². The molecule has 0 saturated carbocycles. The van der Waals surface area contributed by atoms with E-state index in [4.69, 9.17) is 28.9 Å². The van der Waals surface area contributed by atoms with Gasteiger partial charge in [0.25, 0.3) is 0 Å². The number of hydrogen-bond donors (Lipinski definition) is 2. The Bertz CT molecular complexity index is 841. The number of rotatable bonds is 5. The van der Waals surface area contributed by atoms with E-state index in [1.165, 1.54) is 0 Å². The van der Waals surface area contributed by atoms with Crippen LogP contribution in [0.1, 0.15) is 22.3 Å². The maximum atomic E-state index is 12.4. The summed E-state index contributed by atoms with van der Waals surface area (Å²) >= 11 is 12.2. The second-order valence-corrected chi connectivity index (χ2v) is 7.14. The van der Waals surface area contributed by atoms with Gasteiger partial charge < -0.3 is 16.0 Å². The molecule has 3 rings (SSSR count). The summed E-state index contributed by atoms with van der Waals surface area (Å²) in [6, 6.07) is 12.3. The molecule has 0 aromatic heterocycles. The zero-order valence-electron chi connectivity index (χ0n) is 14.0. The number of amides is 2. The van der Waals surface area contributed by atoms with Gasteiger partial charge in [0.05, 0.1) is 17.1 Å². The average Bonchev–Trinajstić information content (AvgIpc) is 3.03. The van der Waals surface area contributed by atoms with Crippen molar-refractivity contribution in [3.8, 4) is 0 Å². The number of benzene rings is 2. The van der Waals surface area contributed by atoms with Crippen LogP contribution in [0, 0.1) is 0 Å². The molecule has 1 aliphatic rings. The predicted octanol–water partition coefficient (Wildman–Crippen LogP) is 3.03. The quantitative estimate of drug-likeness (QED) is 0.822. The minimum absolute atomic E-state index is 0.0231. The second kappa shape index (κ2) is 7.98. The number of hydrogen-bond acceptors (Lipinski definition) is 3. The molecule has 1 heterocycles. The van der Waals surface area contributed by atoms with Gasteiger partial charge in [-0.3, -0.25) is 9.59 Å². The minimum Gasteiger partial charge on any atom is -0.368 e. The Kier molecular flexibility index (Phi) is 5.69. The van der Waals surface area contributed by atoms with Gasteiger partial charge in [0.1, 0.15) is 0 Å². The van der Waals surface area contributed by atoms with Gasteiger partial charge in [-0.05, 0) is 36.2 Å². The van der Waals surface area contributed by atoms with E-state index in [2.05, 4.69) is 10.2 Å². The molecular formula is C19H19Cl2N3O2. The van der Waals surface area contributed by atoms with Gasteiger partial charge in [0.15, 0.2) is 0 Å². The number of nitrogens with one attached hydrogen (secondary N) is 1. The van der Waals surface area contributed by atoms with Gasteiger partial charge in [-0.15, -0.1) is 0 Å². The van der Waals surface area contributed by atoms with E-state index < -0.39 is 5.91 Å². The van der Waals surface area contributed by atoms with Crippen LogP contribution in [-0.2, 0) is 11.2 Å². The molecule has 1 atom stereocenters. The fraction of sp³-hybridized carbons (Fsp3) is 0.263. The summed E-state index contributed by atoms with van der Waals surface area (Å²) in [7, 11) is 0. The van der Waals surface area contributed by atoms with E-state index in [-0.39, 0.29) is 18.4 Å². The van der Waals surface area contributed by atoms with Crippen LogP contribution in [0.5, 0.6) is 0 Å². The van der Waals surface area contributed by atoms with E-state index in [9.17, 15) is 9.59 Å². The van der Waals surface area contributed by atoms with E-state index in [1.807, 2.05) is 6.07 Å². The molecule has 0 bridgehead atoms. The highest BCUT2D eigenvalue weighted by atomic mass is 35.5. The maximum absolute atomic E-state index is 12.4. The standard InChI is InChI=1S/C19H19Cl2N3O2/c20-13-5-6-17(16(21)10-13)24-8-7-14(11-24)23-18(25)9-12-3-1-2-4-15(12)19(22)26/h1-6,10,14H,7-9,11H2,(H2,22,26)(H,23,25). The lowest BCUT2D eigenvalue weighted by molar-refractivity contribution is -0.121. The van der Waals surface area contributed by atoms with Gasteiger partial charge in [0.2, 0.25) is 11.8 Å². The van der Waals surface area contributed by atoms with Crippen molar-refractivity contribution in [2.75, 3.05) is 18.0 Å². The zero-order valence-corrected chi connectivity index (χ0v) is 15.6. The van der Waals surface area contributed by atoms with E-state index >= 15 is 0 Å². The lowest BCUT2D eigenvalue weighted by atomic mass is 10.0. The zero-order chi connectivity index (χ0) is 18.7. The first-order chi connectivity index (χ1) is 12.4. The number of carbonyl (C=O) groups excluding carboxylic acids is 2. The predicted molar refractivity (Wildman–Crippen MR) is 104 cm³/mol. The molecule has 1 aliphatic heterocycles. The van der Waals surface area contributed by atoms with E-state index in [1.54, 1.807) is 36.4 Å². The summed E-state index contributed by atoms with van der Waals surface area (Å²) in [6.45, 7) is 1.47. The maximum Gasteiger partial charge on any atom is 0.248 e. The molecule has 1 fully saturated rings. The van der Waals surface area contributed by atoms with Crippen LogP contribution in [0.25, 0.3) is 0 Å². The van der Waals surface area contributed by atoms with Crippen molar-refractivity contribution in [3.05, 3.63) is 63.6 Å².